The van der Waals surface area contributed by atoms with Gasteiger partial charge in [-0.15, -0.1) is 0 Å². The van der Waals surface area contributed by atoms with Gasteiger partial charge < -0.3 is 0 Å². The van der Waals surface area contributed by atoms with E-state index in [9.17, 15) is 0 Å². The van der Waals surface area contributed by atoms with Crippen LogP contribution in [0.2, 0.25) is 0 Å². The second kappa shape index (κ2) is 9.42. The van der Waals surface area contributed by atoms with E-state index in [4.69, 9.17) is 9.97 Å². The maximum atomic E-state index is 5.10. The Hall–Kier alpha value is -5.08. The molecule has 38 heavy (non-hydrogen) atoms. The average Bonchev–Trinajstić information content (AvgIpc) is 3.01. The lowest BCUT2D eigenvalue weighted by molar-refractivity contribution is 1.36. The number of nitrogens with zero attached hydrogens (tertiary/aromatic N) is 2. The fraction of sp³-hybridized carbons (Fsp3) is 0. The molecule has 0 saturated carbocycles. The first-order valence-electron chi connectivity index (χ1n) is 12.8. The SMILES string of the molecule is c1ccc(-c2ccc(-c3ccc4ccc5ccc(-c6ccc(-c7ccccc7)cc6)nc5c4n3)cc2)cc1. The smallest absolute Gasteiger partial charge is 0.0972 e. The third-order valence-corrected chi connectivity index (χ3v) is 7.10. The van der Waals surface area contributed by atoms with Gasteiger partial charge in [0.25, 0.3) is 0 Å². The molecule has 0 saturated heterocycles. The molecule has 2 aromatic heterocycles. The van der Waals surface area contributed by atoms with Gasteiger partial charge >= 0.3 is 0 Å². The van der Waals surface area contributed by atoms with E-state index >= 15 is 0 Å². The Morgan fingerprint density at radius 1 is 0.263 bits per heavy atom. The van der Waals surface area contributed by atoms with Crippen LogP contribution in [-0.4, -0.2) is 9.97 Å². The summed E-state index contributed by atoms with van der Waals surface area (Å²) in [6.45, 7) is 0. The quantitative estimate of drug-likeness (QED) is 0.233. The minimum atomic E-state index is 0.926. The topological polar surface area (TPSA) is 25.8 Å². The lowest BCUT2D eigenvalue weighted by Crippen LogP contribution is -1.91. The van der Waals surface area contributed by atoms with Gasteiger partial charge in [0.05, 0.1) is 22.4 Å². The largest absolute Gasteiger partial charge is 0.245 e. The summed E-state index contributed by atoms with van der Waals surface area (Å²) in [7, 11) is 0. The minimum Gasteiger partial charge on any atom is -0.245 e. The Labute approximate surface area is 221 Å². The highest BCUT2D eigenvalue weighted by Crippen LogP contribution is 2.30. The van der Waals surface area contributed by atoms with Crippen LogP contribution in [0.4, 0.5) is 0 Å². The molecule has 0 N–H and O–H groups in total. The summed E-state index contributed by atoms with van der Waals surface area (Å²) >= 11 is 0. The van der Waals surface area contributed by atoms with E-state index in [1.807, 2.05) is 12.1 Å². The van der Waals surface area contributed by atoms with Crippen LogP contribution in [0.3, 0.4) is 0 Å². The first kappa shape index (κ1) is 22.1. The summed E-state index contributed by atoms with van der Waals surface area (Å²) in [6.07, 6.45) is 0. The second-order valence-electron chi connectivity index (χ2n) is 9.49. The van der Waals surface area contributed by atoms with Crippen molar-refractivity contribution < 1.29 is 0 Å². The van der Waals surface area contributed by atoms with Gasteiger partial charge in [0, 0.05) is 21.9 Å². The zero-order chi connectivity index (χ0) is 25.3. The number of hydrogen-bond donors (Lipinski definition) is 0. The van der Waals surface area contributed by atoms with Crippen LogP contribution >= 0.6 is 0 Å². The molecule has 0 aliphatic heterocycles. The summed E-state index contributed by atoms with van der Waals surface area (Å²) in [5, 5.41) is 2.18. The maximum absolute atomic E-state index is 5.10. The summed E-state index contributed by atoms with van der Waals surface area (Å²) in [5.74, 6) is 0. The van der Waals surface area contributed by atoms with Gasteiger partial charge in [-0.1, -0.05) is 133 Å². The van der Waals surface area contributed by atoms with E-state index in [0.717, 1.165) is 44.3 Å². The Morgan fingerprint density at radius 3 is 0.974 bits per heavy atom. The summed E-state index contributed by atoms with van der Waals surface area (Å²) < 4.78 is 0. The van der Waals surface area contributed by atoms with Crippen molar-refractivity contribution >= 4 is 21.8 Å². The first-order chi connectivity index (χ1) is 18.8. The third-order valence-electron chi connectivity index (χ3n) is 7.10. The van der Waals surface area contributed by atoms with Crippen LogP contribution in [0.1, 0.15) is 0 Å². The average molecular weight is 485 g/mol. The van der Waals surface area contributed by atoms with Crippen molar-refractivity contribution in [2.24, 2.45) is 0 Å². The molecular formula is C36H24N2. The Bertz CT molecular complexity index is 1730. The predicted molar refractivity (Wildman–Crippen MR) is 159 cm³/mol. The standard InChI is InChI=1S/C36H24N2/c1-3-7-25(8-4-1)27-11-15-29(16-12-27)33-23-21-31-19-20-32-22-24-34(38-36(32)35(31)37-33)30-17-13-28(14-18-30)26-9-5-2-6-10-26/h1-24H. The van der Waals surface area contributed by atoms with E-state index in [0.29, 0.717) is 0 Å². The van der Waals surface area contributed by atoms with Gasteiger partial charge in [0.1, 0.15) is 0 Å². The molecule has 0 radical (unpaired) electrons. The molecule has 0 atom stereocenters. The maximum Gasteiger partial charge on any atom is 0.0972 e. The van der Waals surface area contributed by atoms with Crippen molar-refractivity contribution in [2.75, 3.05) is 0 Å². The molecule has 2 heteroatoms. The van der Waals surface area contributed by atoms with Crippen molar-refractivity contribution in [1.29, 1.82) is 0 Å². The summed E-state index contributed by atoms with van der Waals surface area (Å²) in [6, 6.07) is 50.9. The van der Waals surface area contributed by atoms with Gasteiger partial charge in [-0.2, -0.15) is 0 Å². The van der Waals surface area contributed by atoms with E-state index in [1.54, 1.807) is 0 Å². The lowest BCUT2D eigenvalue weighted by atomic mass is 10.0. The Kier molecular flexibility index (Phi) is 5.49. The number of fused-ring (bicyclic) bond motifs is 3. The first-order valence-corrected chi connectivity index (χ1v) is 12.8. The fourth-order valence-corrected chi connectivity index (χ4v) is 5.02. The number of aromatic nitrogens is 2. The second-order valence-corrected chi connectivity index (χ2v) is 9.49. The highest BCUT2D eigenvalue weighted by Gasteiger charge is 2.09. The molecule has 0 fully saturated rings. The number of benzene rings is 5. The van der Waals surface area contributed by atoms with Crippen LogP contribution in [0.5, 0.6) is 0 Å². The Balaban J connectivity index is 1.27. The monoisotopic (exact) mass is 484 g/mol. The van der Waals surface area contributed by atoms with Crippen LogP contribution in [0.25, 0.3) is 66.6 Å². The highest BCUT2D eigenvalue weighted by molar-refractivity contribution is 6.04. The molecule has 0 amide bonds. The summed E-state index contributed by atoms with van der Waals surface area (Å²) in [4.78, 5) is 10.2. The molecule has 0 spiro atoms. The van der Waals surface area contributed by atoms with Crippen LogP contribution in [0, 0.1) is 0 Å². The zero-order valence-corrected chi connectivity index (χ0v) is 20.8. The van der Waals surface area contributed by atoms with Crippen molar-refractivity contribution in [3.05, 3.63) is 146 Å². The summed E-state index contributed by atoms with van der Waals surface area (Å²) in [5.41, 5.74) is 10.8. The Morgan fingerprint density at radius 2 is 0.579 bits per heavy atom. The highest BCUT2D eigenvalue weighted by atomic mass is 14.8. The minimum absolute atomic E-state index is 0.926. The molecular weight excluding hydrogens is 460 g/mol. The van der Waals surface area contributed by atoms with Gasteiger partial charge in [0.2, 0.25) is 0 Å². The number of pyridine rings is 2. The van der Waals surface area contributed by atoms with Crippen LogP contribution in [-0.2, 0) is 0 Å². The number of hydrogen-bond acceptors (Lipinski definition) is 2. The molecule has 5 aromatic carbocycles. The van der Waals surface area contributed by atoms with Crippen molar-refractivity contribution in [3.8, 4) is 44.8 Å². The molecule has 2 nitrogen and oxygen atoms in total. The molecule has 2 heterocycles. The molecule has 0 bridgehead atoms. The lowest BCUT2D eigenvalue weighted by Gasteiger charge is -2.09. The zero-order valence-electron chi connectivity index (χ0n) is 20.8. The number of rotatable bonds is 4. The van der Waals surface area contributed by atoms with E-state index < -0.39 is 0 Å². The van der Waals surface area contributed by atoms with Gasteiger partial charge in [-0.05, 0) is 34.4 Å². The normalized spacial score (nSPS) is 11.2. The molecule has 7 aromatic rings. The fourth-order valence-electron chi connectivity index (χ4n) is 5.02. The van der Waals surface area contributed by atoms with Crippen LogP contribution in [0.15, 0.2) is 146 Å². The third kappa shape index (κ3) is 4.12. The predicted octanol–water partition coefficient (Wildman–Crippen LogP) is 9.45. The van der Waals surface area contributed by atoms with E-state index in [1.165, 1.54) is 22.3 Å². The van der Waals surface area contributed by atoms with Crippen LogP contribution < -0.4 is 0 Å². The van der Waals surface area contributed by atoms with E-state index in [-0.39, 0.29) is 0 Å². The molecule has 0 aliphatic carbocycles. The van der Waals surface area contributed by atoms with Gasteiger partial charge in [-0.25, -0.2) is 9.97 Å². The molecule has 7 rings (SSSR count). The van der Waals surface area contributed by atoms with Crippen molar-refractivity contribution in [1.82, 2.24) is 9.97 Å². The van der Waals surface area contributed by atoms with Crippen molar-refractivity contribution in [2.45, 2.75) is 0 Å². The molecule has 178 valence electrons. The molecule has 0 unspecified atom stereocenters. The molecule has 0 aliphatic rings. The van der Waals surface area contributed by atoms with E-state index in [2.05, 4.69) is 133 Å². The van der Waals surface area contributed by atoms with Crippen molar-refractivity contribution in [3.63, 3.8) is 0 Å². The van der Waals surface area contributed by atoms with Gasteiger partial charge in [-0.3, -0.25) is 0 Å². The van der Waals surface area contributed by atoms with Gasteiger partial charge in [0.15, 0.2) is 0 Å².